The SMILES string of the molecule is CC(C)(O)c1cn(-c2ccc(C3=CC=CC(Cl)(S(C)(=O)=O)C3)cc2)c(-c2c(F)cccc2Cl)n1. The molecule has 178 valence electrons. The topological polar surface area (TPSA) is 72.2 Å². The highest BCUT2D eigenvalue weighted by Crippen LogP contribution is 2.39. The average Bonchev–Trinajstić information content (AvgIpc) is 3.19. The summed E-state index contributed by atoms with van der Waals surface area (Å²) in [6.45, 7) is 3.19. The Morgan fingerprint density at radius 3 is 2.44 bits per heavy atom. The van der Waals surface area contributed by atoms with Gasteiger partial charge in [-0.1, -0.05) is 53.6 Å². The zero-order valence-electron chi connectivity index (χ0n) is 18.8. The van der Waals surface area contributed by atoms with Crippen LogP contribution in [0.3, 0.4) is 0 Å². The van der Waals surface area contributed by atoms with Crippen LogP contribution >= 0.6 is 23.2 Å². The number of hydrogen-bond acceptors (Lipinski definition) is 4. The third-order valence-corrected chi connectivity index (χ3v) is 8.65. The summed E-state index contributed by atoms with van der Waals surface area (Å²) in [5.74, 6) is -0.277. The number of nitrogens with zero attached hydrogens (tertiary/aromatic N) is 2. The van der Waals surface area contributed by atoms with E-state index < -0.39 is 25.5 Å². The summed E-state index contributed by atoms with van der Waals surface area (Å²) >= 11 is 12.7. The highest BCUT2D eigenvalue weighted by Gasteiger charge is 2.38. The maximum atomic E-state index is 14.7. The van der Waals surface area contributed by atoms with Crippen LogP contribution in [0.2, 0.25) is 5.02 Å². The Balaban J connectivity index is 1.77. The van der Waals surface area contributed by atoms with Gasteiger partial charge in [-0.25, -0.2) is 17.8 Å². The third kappa shape index (κ3) is 4.58. The molecule has 0 saturated carbocycles. The van der Waals surface area contributed by atoms with E-state index in [0.717, 1.165) is 17.4 Å². The number of aliphatic hydroxyl groups is 1. The van der Waals surface area contributed by atoms with Crippen LogP contribution in [0, 0.1) is 5.82 Å². The van der Waals surface area contributed by atoms with Gasteiger partial charge >= 0.3 is 0 Å². The van der Waals surface area contributed by atoms with Crippen LogP contribution in [0.25, 0.3) is 22.6 Å². The molecule has 9 heteroatoms. The van der Waals surface area contributed by atoms with Gasteiger partial charge in [-0.2, -0.15) is 0 Å². The lowest BCUT2D eigenvalue weighted by Gasteiger charge is -2.25. The minimum atomic E-state index is -3.52. The van der Waals surface area contributed by atoms with Crippen molar-refractivity contribution in [3.8, 4) is 17.1 Å². The first kappa shape index (κ1) is 24.7. The van der Waals surface area contributed by atoms with E-state index in [4.69, 9.17) is 23.2 Å². The van der Waals surface area contributed by atoms with E-state index >= 15 is 0 Å². The van der Waals surface area contributed by atoms with Crippen LogP contribution in [0.15, 0.2) is 66.9 Å². The maximum absolute atomic E-state index is 14.7. The second-order valence-corrected chi connectivity index (χ2v) is 12.4. The molecule has 3 aromatic rings. The van der Waals surface area contributed by atoms with Gasteiger partial charge in [0.2, 0.25) is 0 Å². The highest BCUT2D eigenvalue weighted by molar-refractivity contribution is 7.93. The molecule has 0 spiro atoms. The predicted octanol–water partition coefficient (Wildman–Crippen LogP) is 5.88. The average molecular weight is 521 g/mol. The minimum Gasteiger partial charge on any atom is -0.384 e. The van der Waals surface area contributed by atoms with Crippen molar-refractivity contribution in [3.63, 3.8) is 0 Å². The highest BCUT2D eigenvalue weighted by atomic mass is 35.5. The molecule has 5 nitrogen and oxygen atoms in total. The molecule has 0 aliphatic heterocycles. The molecule has 0 radical (unpaired) electrons. The van der Waals surface area contributed by atoms with Gasteiger partial charge in [0, 0.05) is 24.6 Å². The Hall–Kier alpha value is -2.45. The molecule has 1 aromatic heterocycles. The van der Waals surface area contributed by atoms with Crippen LogP contribution in [-0.2, 0) is 15.4 Å². The van der Waals surface area contributed by atoms with Gasteiger partial charge in [0.05, 0.1) is 16.3 Å². The van der Waals surface area contributed by atoms with E-state index in [-0.39, 0.29) is 22.8 Å². The number of sulfone groups is 1. The van der Waals surface area contributed by atoms with Gasteiger partial charge in [-0.05, 0) is 55.3 Å². The predicted molar refractivity (Wildman–Crippen MR) is 134 cm³/mol. The smallest absolute Gasteiger partial charge is 0.171 e. The molecular formula is C25H23Cl2FN2O3S. The van der Waals surface area contributed by atoms with Gasteiger partial charge in [0.1, 0.15) is 17.2 Å². The lowest BCUT2D eigenvalue weighted by atomic mass is 9.96. The van der Waals surface area contributed by atoms with Crippen molar-refractivity contribution in [1.82, 2.24) is 9.55 Å². The van der Waals surface area contributed by atoms with Gasteiger partial charge in [-0.3, -0.25) is 4.57 Å². The molecule has 1 aliphatic carbocycles. The molecule has 1 unspecified atom stereocenters. The molecule has 1 aliphatic rings. The summed E-state index contributed by atoms with van der Waals surface area (Å²) in [6, 6.07) is 11.7. The first-order valence-electron chi connectivity index (χ1n) is 10.4. The first-order chi connectivity index (χ1) is 15.8. The Kier molecular flexibility index (Phi) is 6.27. The summed E-state index contributed by atoms with van der Waals surface area (Å²) in [5.41, 5.74) is 1.46. The monoisotopic (exact) mass is 520 g/mol. The van der Waals surface area contributed by atoms with Gasteiger partial charge < -0.3 is 5.11 Å². The molecule has 2 aromatic carbocycles. The summed E-state index contributed by atoms with van der Waals surface area (Å²) in [5, 5.41) is 10.7. The summed E-state index contributed by atoms with van der Waals surface area (Å²) < 4.78 is 39.2. The third-order valence-electron chi connectivity index (χ3n) is 5.73. The van der Waals surface area contributed by atoms with Crippen LogP contribution in [0.1, 0.15) is 31.5 Å². The van der Waals surface area contributed by atoms with Crippen molar-refractivity contribution in [2.75, 3.05) is 6.26 Å². The zero-order chi connectivity index (χ0) is 24.9. The van der Waals surface area contributed by atoms with Crippen molar-refractivity contribution < 1.29 is 17.9 Å². The fourth-order valence-electron chi connectivity index (χ4n) is 3.73. The van der Waals surface area contributed by atoms with Gasteiger partial charge in [0.25, 0.3) is 0 Å². The number of allylic oxidation sites excluding steroid dienone is 3. The van der Waals surface area contributed by atoms with Crippen molar-refractivity contribution in [2.24, 2.45) is 0 Å². The number of hydrogen-bond donors (Lipinski definition) is 1. The largest absolute Gasteiger partial charge is 0.384 e. The summed E-state index contributed by atoms with van der Waals surface area (Å²) in [7, 11) is -3.52. The van der Waals surface area contributed by atoms with Crippen LogP contribution < -0.4 is 0 Å². The van der Waals surface area contributed by atoms with Crippen molar-refractivity contribution in [3.05, 3.63) is 89.0 Å². The zero-order valence-corrected chi connectivity index (χ0v) is 21.1. The van der Waals surface area contributed by atoms with E-state index in [1.54, 1.807) is 48.9 Å². The van der Waals surface area contributed by atoms with Crippen LogP contribution in [0.4, 0.5) is 4.39 Å². The second kappa shape index (κ2) is 8.64. The van der Waals surface area contributed by atoms with E-state index in [1.165, 1.54) is 18.2 Å². The second-order valence-electron chi connectivity index (χ2n) is 8.81. The van der Waals surface area contributed by atoms with E-state index in [0.29, 0.717) is 11.4 Å². The molecule has 0 saturated heterocycles. The molecular weight excluding hydrogens is 498 g/mol. The normalized spacial score (nSPS) is 18.7. The standard InChI is InChI=1S/C25H23Cl2FN2O3S/c1-24(2,31)21-15-30(23(29-21)22-19(26)7-4-8-20(22)28)18-11-9-16(10-12-18)17-6-5-13-25(27,14-17)34(3,32)33/h4-13,15,31H,14H2,1-3H3. The molecule has 1 N–H and O–H groups in total. The molecule has 1 heterocycles. The molecule has 0 amide bonds. The van der Waals surface area contributed by atoms with E-state index in [9.17, 15) is 17.9 Å². The lowest BCUT2D eigenvalue weighted by molar-refractivity contribution is 0.0743. The fraction of sp³-hybridized carbons (Fsp3) is 0.240. The molecule has 4 rings (SSSR count). The van der Waals surface area contributed by atoms with E-state index in [2.05, 4.69) is 4.98 Å². The Bertz CT molecular complexity index is 1400. The maximum Gasteiger partial charge on any atom is 0.171 e. The quantitative estimate of drug-likeness (QED) is 0.426. The first-order valence-corrected chi connectivity index (χ1v) is 13.1. The number of benzene rings is 2. The summed E-state index contributed by atoms with van der Waals surface area (Å²) in [6.07, 6.45) is 7.84. The Labute approximate surface area is 208 Å². The number of rotatable bonds is 5. The van der Waals surface area contributed by atoms with E-state index in [1.807, 2.05) is 18.2 Å². The van der Waals surface area contributed by atoms with Crippen molar-refractivity contribution in [1.29, 1.82) is 0 Å². The summed E-state index contributed by atoms with van der Waals surface area (Å²) in [4.78, 5) is 4.49. The molecule has 34 heavy (non-hydrogen) atoms. The lowest BCUT2D eigenvalue weighted by Crippen LogP contribution is -2.30. The van der Waals surface area contributed by atoms with Gasteiger partial charge in [-0.15, -0.1) is 0 Å². The Morgan fingerprint density at radius 2 is 1.85 bits per heavy atom. The Morgan fingerprint density at radius 1 is 1.18 bits per heavy atom. The van der Waals surface area contributed by atoms with Crippen LogP contribution in [0.5, 0.6) is 0 Å². The van der Waals surface area contributed by atoms with Crippen molar-refractivity contribution in [2.45, 2.75) is 30.1 Å². The molecule has 1 atom stereocenters. The minimum absolute atomic E-state index is 0.129. The number of halogens is 3. The van der Waals surface area contributed by atoms with Crippen molar-refractivity contribution >= 4 is 38.6 Å². The molecule has 0 bridgehead atoms. The number of aromatic nitrogens is 2. The molecule has 0 fully saturated rings. The van der Waals surface area contributed by atoms with Gasteiger partial charge in [0.15, 0.2) is 14.0 Å². The number of alkyl halides is 1. The van der Waals surface area contributed by atoms with Crippen LogP contribution in [-0.4, -0.2) is 33.5 Å². The fourth-order valence-corrected chi connectivity index (χ4v) is 4.94. The number of imidazole rings is 1.